The molecule has 0 bridgehead atoms. The summed E-state index contributed by atoms with van der Waals surface area (Å²) in [4.78, 5) is 28.5. The van der Waals surface area contributed by atoms with Gasteiger partial charge in [0, 0.05) is 24.6 Å². The Morgan fingerprint density at radius 3 is 2.43 bits per heavy atom. The third-order valence-electron chi connectivity index (χ3n) is 7.08. The van der Waals surface area contributed by atoms with Crippen molar-refractivity contribution < 1.29 is 23.8 Å². The molecule has 3 aromatic rings. The number of carbonyl (C=O) groups is 2. The van der Waals surface area contributed by atoms with Crippen molar-refractivity contribution in [3.8, 4) is 11.1 Å². The topological polar surface area (TPSA) is 70.1 Å². The lowest BCUT2D eigenvalue weighted by Crippen LogP contribution is -2.72. The van der Waals surface area contributed by atoms with Gasteiger partial charge in [-0.05, 0) is 34.9 Å². The summed E-state index contributed by atoms with van der Waals surface area (Å²) in [5, 5.41) is 10.0. The van der Waals surface area contributed by atoms with Crippen molar-refractivity contribution in [3.63, 3.8) is 0 Å². The number of fused-ring (bicyclic) bond motifs is 1. The number of nitrogens with zero attached hydrogens (tertiary/aromatic N) is 2. The lowest BCUT2D eigenvalue weighted by atomic mass is 9.73. The van der Waals surface area contributed by atoms with Gasteiger partial charge >= 0.3 is 5.97 Å². The summed E-state index contributed by atoms with van der Waals surface area (Å²) in [5.74, 6) is -0.640. The predicted octanol–water partition coefficient (Wildman–Crippen LogP) is 3.45. The molecule has 5 rings (SSSR count). The number of hydrogen-bond donors (Lipinski definition) is 1. The van der Waals surface area contributed by atoms with Gasteiger partial charge in [0.25, 0.3) is 0 Å². The van der Waals surface area contributed by atoms with Crippen molar-refractivity contribution in [2.75, 3.05) is 26.8 Å². The molecule has 6 nitrogen and oxygen atoms in total. The minimum atomic E-state index is -0.381. The molecule has 2 aliphatic rings. The van der Waals surface area contributed by atoms with Crippen LogP contribution in [0.5, 0.6) is 0 Å². The number of aliphatic hydroxyl groups is 1. The van der Waals surface area contributed by atoms with Gasteiger partial charge in [0.15, 0.2) is 0 Å². The Kier molecular flexibility index (Phi) is 6.36. The van der Waals surface area contributed by atoms with Crippen LogP contribution in [0, 0.1) is 5.82 Å². The summed E-state index contributed by atoms with van der Waals surface area (Å²) < 4.78 is 18.9. The van der Waals surface area contributed by atoms with Crippen molar-refractivity contribution >= 4 is 11.9 Å². The lowest BCUT2D eigenvalue weighted by molar-refractivity contribution is -0.162. The smallest absolute Gasteiger partial charge is 0.337 e. The molecule has 1 amide bonds. The third kappa shape index (κ3) is 4.33. The molecule has 35 heavy (non-hydrogen) atoms. The minimum absolute atomic E-state index is 0.00289. The quantitative estimate of drug-likeness (QED) is 0.555. The van der Waals surface area contributed by atoms with E-state index in [-0.39, 0.29) is 48.8 Å². The highest BCUT2D eigenvalue weighted by atomic mass is 19.1. The number of aliphatic hydroxyl groups excluding tert-OH is 1. The van der Waals surface area contributed by atoms with Crippen LogP contribution >= 0.6 is 0 Å². The van der Waals surface area contributed by atoms with Crippen LogP contribution in [0.15, 0.2) is 72.8 Å². The van der Waals surface area contributed by atoms with Crippen LogP contribution in [0.3, 0.4) is 0 Å². The Balaban J connectivity index is 1.32. The molecule has 1 N–H and O–H groups in total. The minimum Gasteiger partial charge on any atom is -0.465 e. The Bertz CT molecular complexity index is 1230. The van der Waals surface area contributed by atoms with Crippen LogP contribution in [-0.4, -0.2) is 65.7 Å². The van der Waals surface area contributed by atoms with E-state index >= 15 is 0 Å². The molecule has 2 heterocycles. The molecule has 0 aliphatic carbocycles. The normalized spacial score (nSPS) is 21.9. The van der Waals surface area contributed by atoms with Crippen molar-refractivity contribution in [2.45, 2.75) is 24.5 Å². The zero-order valence-corrected chi connectivity index (χ0v) is 19.4. The van der Waals surface area contributed by atoms with Gasteiger partial charge in [0.2, 0.25) is 5.91 Å². The number of methoxy groups -OCH3 is 1. The fourth-order valence-corrected chi connectivity index (χ4v) is 5.39. The molecular formula is C28H27FN2O4. The van der Waals surface area contributed by atoms with E-state index in [1.807, 2.05) is 47.4 Å². The second-order valence-electron chi connectivity index (χ2n) is 9.10. The standard InChI is InChI=1S/C28H27FN2O4/c1-35-28(34)21-8-6-18(7-9-21)14-30-15-24-27(25(17-32)31(24)26(33)16-30)20-12-10-19(11-13-20)22-4-2-3-5-23(22)29/h2-13,24-25,27,32H,14-17H2,1H3/t24-,25+,27-/m0/s1. The van der Waals surface area contributed by atoms with Crippen LogP contribution in [0.25, 0.3) is 11.1 Å². The number of hydrogen-bond acceptors (Lipinski definition) is 5. The summed E-state index contributed by atoms with van der Waals surface area (Å²) in [5.41, 5.74) is 3.86. The van der Waals surface area contributed by atoms with Crippen LogP contribution in [0.1, 0.15) is 27.4 Å². The second-order valence-corrected chi connectivity index (χ2v) is 9.10. The van der Waals surface area contributed by atoms with E-state index in [0.29, 0.717) is 24.2 Å². The molecule has 2 saturated heterocycles. The van der Waals surface area contributed by atoms with E-state index in [1.54, 1.807) is 24.3 Å². The Labute approximate surface area is 203 Å². The molecule has 180 valence electrons. The number of piperazine rings is 1. The Morgan fingerprint density at radius 1 is 1.06 bits per heavy atom. The van der Waals surface area contributed by atoms with Crippen molar-refractivity contribution in [3.05, 3.63) is 95.3 Å². The van der Waals surface area contributed by atoms with E-state index in [9.17, 15) is 19.1 Å². The lowest BCUT2D eigenvalue weighted by Gasteiger charge is -2.59. The van der Waals surface area contributed by atoms with Crippen LogP contribution < -0.4 is 0 Å². The predicted molar refractivity (Wildman–Crippen MR) is 129 cm³/mol. The Morgan fingerprint density at radius 2 is 1.77 bits per heavy atom. The first-order valence-electron chi connectivity index (χ1n) is 11.7. The van der Waals surface area contributed by atoms with Crippen LogP contribution in [0.2, 0.25) is 0 Å². The first-order valence-corrected chi connectivity index (χ1v) is 11.7. The fraction of sp³-hybridized carbons (Fsp3) is 0.286. The number of ether oxygens (including phenoxy) is 1. The molecule has 3 atom stereocenters. The number of rotatable bonds is 6. The molecule has 0 saturated carbocycles. The maximum absolute atomic E-state index is 14.2. The van der Waals surface area contributed by atoms with Crippen molar-refractivity contribution in [1.29, 1.82) is 0 Å². The summed E-state index contributed by atoms with van der Waals surface area (Å²) in [6.45, 7) is 1.45. The molecular weight excluding hydrogens is 447 g/mol. The summed E-state index contributed by atoms with van der Waals surface area (Å²) in [7, 11) is 1.35. The first-order chi connectivity index (χ1) is 17.0. The zero-order chi connectivity index (χ0) is 24.5. The summed E-state index contributed by atoms with van der Waals surface area (Å²) >= 11 is 0. The Hall–Kier alpha value is -3.55. The van der Waals surface area contributed by atoms with Crippen LogP contribution in [0.4, 0.5) is 4.39 Å². The number of halogens is 1. The highest BCUT2D eigenvalue weighted by Crippen LogP contribution is 2.43. The van der Waals surface area contributed by atoms with Crippen molar-refractivity contribution in [1.82, 2.24) is 9.80 Å². The number of amides is 1. The maximum Gasteiger partial charge on any atom is 0.337 e. The van der Waals surface area contributed by atoms with E-state index in [2.05, 4.69) is 4.90 Å². The monoisotopic (exact) mass is 474 g/mol. The third-order valence-corrected chi connectivity index (χ3v) is 7.08. The molecule has 0 aromatic heterocycles. The van der Waals surface area contributed by atoms with E-state index in [4.69, 9.17) is 4.74 Å². The van der Waals surface area contributed by atoms with Gasteiger partial charge in [-0.1, -0.05) is 54.6 Å². The van der Waals surface area contributed by atoms with Gasteiger partial charge < -0.3 is 14.7 Å². The SMILES string of the molecule is COC(=O)c1ccc(CN2CC(=O)N3[C@H](CO)[C@@H](c4ccc(-c5ccccc5F)cc4)[C@@H]3C2)cc1. The van der Waals surface area contributed by atoms with Crippen LogP contribution in [-0.2, 0) is 16.1 Å². The van der Waals surface area contributed by atoms with Gasteiger partial charge in [-0.2, -0.15) is 0 Å². The molecule has 0 spiro atoms. The van der Waals surface area contributed by atoms with E-state index < -0.39 is 0 Å². The molecule has 2 aliphatic heterocycles. The molecule has 0 radical (unpaired) electrons. The van der Waals surface area contributed by atoms with E-state index in [0.717, 1.165) is 16.7 Å². The zero-order valence-electron chi connectivity index (χ0n) is 19.4. The van der Waals surface area contributed by atoms with Gasteiger partial charge in [0.1, 0.15) is 5.82 Å². The largest absolute Gasteiger partial charge is 0.465 e. The number of carbonyl (C=O) groups excluding carboxylic acids is 2. The van der Waals surface area contributed by atoms with Gasteiger partial charge in [-0.3, -0.25) is 9.69 Å². The average molecular weight is 475 g/mol. The van der Waals surface area contributed by atoms with Gasteiger partial charge in [-0.15, -0.1) is 0 Å². The molecule has 2 fully saturated rings. The van der Waals surface area contributed by atoms with Gasteiger partial charge in [-0.25, -0.2) is 9.18 Å². The van der Waals surface area contributed by atoms with E-state index in [1.165, 1.54) is 13.2 Å². The highest BCUT2D eigenvalue weighted by Gasteiger charge is 2.53. The number of esters is 1. The maximum atomic E-state index is 14.2. The average Bonchev–Trinajstić information content (AvgIpc) is 2.86. The van der Waals surface area contributed by atoms with Gasteiger partial charge in [0.05, 0.1) is 37.9 Å². The fourth-order valence-electron chi connectivity index (χ4n) is 5.39. The summed E-state index contributed by atoms with van der Waals surface area (Å²) in [6.07, 6.45) is 0. The molecule has 0 unspecified atom stereocenters. The first kappa shape index (κ1) is 23.2. The number of benzene rings is 3. The summed E-state index contributed by atoms with van der Waals surface area (Å²) in [6, 6.07) is 21.3. The highest BCUT2D eigenvalue weighted by molar-refractivity contribution is 5.89. The second kappa shape index (κ2) is 9.60. The molecule has 7 heteroatoms. The molecule has 3 aromatic carbocycles. The van der Waals surface area contributed by atoms with Crippen molar-refractivity contribution in [2.24, 2.45) is 0 Å².